The molecule has 0 radical (unpaired) electrons. The predicted molar refractivity (Wildman–Crippen MR) is 98.3 cm³/mol. The first kappa shape index (κ1) is 17.3. The Hall–Kier alpha value is -1.55. The van der Waals surface area contributed by atoms with E-state index in [9.17, 15) is 9.90 Å². The fraction of sp³-hybridized carbons (Fsp3) is 0.650. The number of hydrogen-bond donors (Lipinski definition) is 2. The number of amides is 1. The molecule has 3 rings (SSSR count). The molecule has 2 fully saturated rings. The zero-order valence-corrected chi connectivity index (χ0v) is 14.5. The van der Waals surface area contributed by atoms with Crippen LogP contribution in [0.4, 0.5) is 11.4 Å². The molecule has 1 heterocycles. The van der Waals surface area contributed by atoms with Gasteiger partial charge in [-0.05, 0) is 43.7 Å². The highest BCUT2D eigenvalue weighted by molar-refractivity contribution is 5.94. The van der Waals surface area contributed by atoms with Crippen molar-refractivity contribution < 1.29 is 9.90 Å². The van der Waals surface area contributed by atoms with Crippen LogP contribution in [0.15, 0.2) is 24.3 Å². The molecule has 0 spiro atoms. The average molecular weight is 330 g/mol. The smallest absolute Gasteiger partial charge is 0.224 e. The number of aliphatic hydroxyl groups excluding tert-OH is 1. The number of para-hydroxylation sites is 2. The fourth-order valence-electron chi connectivity index (χ4n) is 3.99. The first-order chi connectivity index (χ1) is 11.7. The summed E-state index contributed by atoms with van der Waals surface area (Å²) in [5.41, 5.74) is 1.99. The van der Waals surface area contributed by atoms with E-state index in [4.69, 9.17) is 0 Å². The summed E-state index contributed by atoms with van der Waals surface area (Å²) in [4.78, 5) is 14.8. The number of benzene rings is 1. The Labute approximate surface area is 145 Å². The molecule has 0 atom stereocenters. The summed E-state index contributed by atoms with van der Waals surface area (Å²) < 4.78 is 0. The first-order valence-electron chi connectivity index (χ1n) is 9.54. The van der Waals surface area contributed by atoms with E-state index in [2.05, 4.69) is 16.3 Å². The minimum Gasteiger partial charge on any atom is -0.393 e. The molecule has 4 heteroatoms. The largest absolute Gasteiger partial charge is 0.393 e. The Balaban J connectivity index is 1.61. The standard InChI is InChI=1S/C20H30N2O2/c23-17-11-13-22(14-12-17)19-10-6-5-9-18(19)21-20(24)15-16-7-3-1-2-4-8-16/h5-6,9-10,16-17,23H,1-4,7-8,11-15H2,(H,21,24). The summed E-state index contributed by atoms with van der Waals surface area (Å²) in [5, 5.41) is 12.8. The lowest BCUT2D eigenvalue weighted by Gasteiger charge is -2.32. The molecule has 0 bridgehead atoms. The van der Waals surface area contributed by atoms with Crippen molar-refractivity contribution in [3.05, 3.63) is 24.3 Å². The van der Waals surface area contributed by atoms with Crippen molar-refractivity contribution in [2.45, 2.75) is 63.9 Å². The number of piperidine rings is 1. The molecule has 1 aliphatic carbocycles. The van der Waals surface area contributed by atoms with E-state index in [1.165, 1.54) is 38.5 Å². The number of nitrogens with zero attached hydrogens (tertiary/aromatic N) is 1. The van der Waals surface area contributed by atoms with Crippen LogP contribution in [-0.4, -0.2) is 30.2 Å². The Bertz CT molecular complexity index is 530. The van der Waals surface area contributed by atoms with Gasteiger partial charge < -0.3 is 15.3 Å². The molecule has 1 saturated carbocycles. The van der Waals surface area contributed by atoms with E-state index in [0.29, 0.717) is 12.3 Å². The molecule has 1 aliphatic heterocycles. The van der Waals surface area contributed by atoms with Gasteiger partial charge in [0.1, 0.15) is 0 Å². The van der Waals surface area contributed by atoms with Gasteiger partial charge in [-0.15, -0.1) is 0 Å². The Kier molecular flexibility index (Phi) is 6.13. The van der Waals surface area contributed by atoms with Gasteiger partial charge in [0.05, 0.1) is 17.5 Å². The Morgan fingerprint density at radius 1 is 1.04 bits per heavy atom. The highest BCUT2D eigenvalue weighted by Crippen LogP contribution is 2.30. The molecule has 0 unspecified atom stereocenters. The minimum absolute atomic E-state index is 0.145. The number of carbonyl (C=O) groups excluding carboxylic acids is 1. The molecule has 2 aliphatic rings. The molecule has 4 nitrogen and oxygen atoms in total. The van der Waals surface area contributed by atoms with Crippen LogP contribution in [0.1, 0.15) is 57.8 Å². The lowest BCUT2D eigenvalue weighted by molar-refractivity contribution is -0.117. The second-order valence-electron chi connectivity index (χ2n) is 7.35. The number of hydrogen-bond acceptors (Lipinski definition) is 3. The zero-order valence-electron chi connectivity index (χ0n) is 14.5. The van der Waals surface area contributed by atoms with Gasteiger partial charge in [0.25, 0.3) is 0 Å². The molecule has 1 aromatic rings. The molecule has 0 aromatic heterocycles. The van der Waals surface area contributed by atoms with Gasteiger partial charge in [-0.3, -0.25) is 4.79 Å². The Morgan fingerprint density at radius 2 is 1.71 bits per heavy atom. The second kappa shape index (κ2) is 8.52. The van der Waals surface area contributed by atoms with E-state index in [1.54, 1.807) is 0 Å². The van der Waals surface area contributed by atoms with Crippen molar-refractivity contribution in [3.8, 4) is 0 Å². The number of carbonyl (C=O) groups is 1. The minimum atomic E-state index is -0.182. The zero-order chi connectivity index (χ0) is 16.8. The number of aliphatic hydroxyl groups is 1. The summed E-state index contributed by atoms with van der Waals surface area (Å²) in [6.45, 7) is 1.69. The van der Waals surface area contributed by atoms with Crippen molar-refractivity contribution in [2.75, 3.05) is 23.3 Å². The molecule has 132 valence electrons. The van der Waals surface area contributed by atoms with Gasteiger partial charge in [0, 0.05) is 19.5 Å². The normalized spacial score (nSPS) is 20.6. The molecule has 2 N–H and O–H groups in total. The molecule has 1 aromatic carbocycles. The van der Waals surface area contributed by atoms with E-state index in [0.717, 1.165) is 37.3 Å². The molecule has 24 heavy (non-hydrogen) atoms. The summed E-state index contributed by atoms with van der Waals surface area (Å²) in [6.07, 6.45) is 9.62. The van der Waals surface area contributed by atoms with Crippen molar-refractivity contribution in [1.29, 1.82) is 0 Å². The molecule has 1 amide bonds. The van der Waals surface area contributed by atoms with Crippen molar-refractivity contribution in [1.82, 2.24) is 0 Å². The van der Waals surface area contributed by atoms with Gasteiger partial charge in [-0.2, -0.15) is 0 Å². The van der Waals surface area contributed by atoms with E-state index < -0.39 is 0 Å². The predicted octanol–water partition coefficient (Wildman–Crippen LogP) is 3.95. The van der Waals surface area contributed by atoms with Gasteiger partial charge >= 0.3 is 0 Å². The molecule has 1 saturated heterocycles. The van der Waals surface area contributed by atoms with Gasteiger partial charge in [0.2, 0.25) is 5.91 Å². The summed E-state index contributed by atoms with van der Waals surface area (Å²) in [7, 11) is 0. The summed E-state index contributed by atoms with van der Waals surface area (Å²) in [5.74, 6) is 0.691. The van der Waals surface area contributed by atoms with Crippen LogP contribution in [0.2, 0.25) is 0 Å². The number of rotatable bonds is 4. The van der Waals surface area contributed by atoms with Gasteiger partial charge in [-0.25, -0.2) is 0 Å². The highest BCUT2D eigenvalue weighted by Gasteiger charge is 2.21. The topological polar surface area (TPSA) is 52.6 Å². The van der Waals surface area contributed by atoms with Crippen LogP contribution < -0.4 is 10.2 Å². The van der Waals surface area contributed by atoms with Crippen LogP contribution >= 0.6 is 0 Å². The summed E-state index contributed by atoms with van der Waals surface area (Å²) >= 11 is 0. The quantitative estimate of drug-likeness (QED) is 0.822. The molecular formula is C20H30N2O2. The SMILES string of the molecule is O=C(CC1CCCCCC1)Nc1ccccc1N1CCC(O)CC1. The fourth-order valence-corrected chi connectivity index (χ4v) is 3.99. The van der Waals surface area contributed by atoms with E-state index >= 15 is 0 Å². The third-order valence-corrected chi connectivity index (χ3v) is 5.43. The number of anilines is 2. The van der Waals surface area contributed by atoms with Gasteiger partial charge in [-0.1, -0.05) is 37.8 Å². The van der Waals surface area contributed by atoms with Crippen molar-refractivity contribution in [2.24, 2.45) is 5.92 Å². The first-order valence-corrected chi connectivity index (χ1v) is 9.54. The number of nitrogens with one attached hydrogen (secondary N) is 1. The lowest BCUT2D eigenvalue weighted by atomic mass is 9.96. The highest BCUT2D eigenvalue weighted by atomic mass is 16.3. The van der Waals surface area contributed by atoms with Crippen LogP contribution in [0, 0.1) is 5.92 Å². The van der Waals surface area contributed by atoms with Crippen LogP contribution in [0.25, 0.3) is 0 Å². The monoisotopic (exact) mass is 330 g/mol. The third kappa shape index (κ3) is 4.73. The molecular weight excluding hydrogens is 300 g/mol. The average Bonchev–Trinajstić information content (AvgIpc) is 2.85. The van der Waals surface area contributed by atoms with Crippen molar-refractivity contribution >= 4 is 17.3 Å². The van der Waals surface area contributed by atoms with Crippen LogP contribution in [-0.2, 0) is 4.79 Å². The van der Waals surface area contributed by atoms with E-state index in [1.807, 2.05) is 18.2 Å². The maximum atomic E-state index is 12.5. The van der Waals surface area contributed by atoms with E-state index in [-0.39, 0.29) is 12.0 Å². The summed E-state index contributed by atoms with van der Waals surface area (Å²) in [6, 6.07) is 8.05. The maximum absolute atomic E-state index is 12.5. The lowest BCUT2D eigenvalue weighted by Crippen LogP contribution is -2.36. The van der Waals surface area contributed by atoms with Crippen LogP contribution in [0.5, 0.6) is 0 Å². The Morgan fingerprint density at radius 3 is 2.42 bits per heavy atom. The van der Waals surface area contributed by atoms with Crippen molar-refractivity contribution in [3.63, 3.8) is 0 Å². The second-order valence-corrected chi connectivity index (χ2v) is 7.35. The van der Waals surface area contributed by atoms with Crippen LogP contribution in [0.3, 0.4) is 0 Å². The van der Waals surface area contributed by atoms with Gasteiger partial charge in [0.15, 0.2) is 0 Å². The maximum Gasteiger partial charge on any atom is 0.224 e. The third-order valence-electron chi connectivity index (χ3n) is 5.43.